The minimum Gasteiger partial charge on any atom is -0.481 e. The summed E-state index contributed by atoms with van der Waals surface area (Å²) in [5, 5.41) is 5.82. The SMILES string of the molecule is CC[C@H](Oc1ccc2c(c1)CCCC2)C(=O)Nc1ccccc1C(=O)NCc1ccccc1. The van der Waals surface area contributed by atoms with Gasteiger partial charge in [-0.25, -0.2) is 0 Å². The Hall–Kier alpha value is -3.60. The summed E-state index contributed by atoms with van der Waals surface area (Å²) in [5.74, 6) is 0.212. The zero-order valence-electron chi connectivity index (χ0n) is 19.0. The van der Waals surface area contributed by atoms with E-state index in [1.807, 2.05) is 43.3 Å². The van der Waals surface area contributed by atoms with Crippen LogP contribution in [0.3, 0.4) is 0 Å². The molecular formula is C28H30N2O3. The third-order valence-electron chi connectivity index (χ3n) is 5.99. The number of ether oxygens (including phenoxy) is 1. The van der Waals surface area contributed by atoms with Crippen LogP contribution in [0.1, 0.15) is 53.2 Å². The van der Waals surface area contributed by atoms with E-state index in [0.717, 1.165) is 18.4 Å². The molecule has 5 heteroatoms. The molecule has 0 heterocycles. The average Bonchev–Trinajstić information content (AvgIpc) is 2.86. The first-order valence-electron chi connectivity index (χ1n) is 11.6. The number of amides is 2. The average molecular weight is 443 g/mol. The normalized spacial score (nSPS) is 13.5. The fourth-order valence-electron chi connectivity index (χ4n) is 4.15. The molecule has 0 radical (unpaired) electrons. The lowest BCUT2D eigenvalue weighted by Gasteiger charge is -2.21. The molecular weight excluding hydrogens is 412 g/mol. The van der Waals surface area contributed by atoms with Crippen molar-refractivity contribution >= 4 is 17.5 Å². The van der Waals surface area contributed by atoms with Gasteiger partial charge in [0.15, 0.2) is 6.10 Å². The van der Waals surface area contributed by atoms with Crippen LogP contribution in [0, 0.1) is 0 Å². The number of anilines is 1. The highest BCUT2D eigenvalue weighted by molar-refractivity contribution is 6.04. The first kappa shape index (κ1) is 22.6. The summed E-state index contributed by atoms with van der Waals surface area (Å²) in [6, 6.07) is 22.9. The highest BCUT2D eigenvalue weighted by Gasteiger charge is 2.22. The molecule has 0 unspecified atom stereocenters. The fourth-order valence-corrected chi connectivity index (χ4v) is 4.15. The van der Waals surface area contributed by atoms with Gasteiger partial charge in [-0.15, -0.1) is 0 Å². The Bertz CT molecular complexity index is 1110. The minimum absolute atomic E-state index is 0.238. The Balaban J connectivity index is 1.42. The van der Waals surface area contributed by atoms with Crippen molar-refractivity contribution in [1.82, 2.24) is 5.32 Å². The summed E-state index contributed by atoms with van der Waals surface area (Å²) in [6.07, 6.45) is 4.46. The number of hydrogen-bond acceptors (Lipinski definition) is 3. The monoisotopic (exact) mass is 442 g/mol. The second kappa shape index (κ2) is 10.8. The number of rotatable bonds is 8. The van der Waals surface area contributed by atoms with Crippen LogP contribution >= 0.6 is 0 Å². The van der Waals surface area contributed by atoms with E-state index in [1.165, 1.54) is 24.0 Å². The number of hydrogen-bond donors (Lipinski definition) is 2. The van der Waals surface area contributed by atoms with Crippen LogP contribution in [-0.4, -0.2) is 17.9 Å². The van der Waals surface area contributed by atoms with Crippen molar-refractivity contribution < 1.29 is 14.3 Å². The molecule has 1 aliphatic carbocycles. The molecule has 0 aromatic heterocycles. The topological polar surface area (TPSA) is 67.4 Å². The number of carbonyl (C=O) groups excluding carboxylic acids is 2. The van der Waals surface area contributed by atoms with Crippen molar-refractivity contribution in [3.05, 3.63) is 95.1 Å². The van der Waals surface area contributed by atoms with E-state index >= 15 is 0 Å². The van der Waals surface area contributed by atoms with Crippen molar-refractivity contribution in [3.63, 3.8) is 0 Å². The Morgan fingerprint density at radius 2 is 1.64 bits per heavy atom. The predicted molar refractivity (Wildman–Crippen MR) is 130 cm³/mol. The van der Waals surface area contributed by atoms with Crippen LogP contribution in [0.4, 0.5) is 5.69 Å². The van der Waals surface area contributed by atoms with E-state index < -0.39 is 6.10 Å². The lowest BCUT2D eigenvalue weighted by molar-refractivity contribution is -0.122. The van der Waals surface area contributed by atoms with Crippen LogP contribution < -0.4 is 15.4 Å². The molecule has 3 aromatic rings. The maximum absolute atomic E-state index is 13.0. The van der Waals surface area contributed by atoms with Gasteiger partial charge in [0.05, 0.1) is 11.3 Å². The molecule has 0 spiro atoms. The van der Waals surface area contributed by atoms with Crippen molar-refractivity contribution in [2.45, 2.75) is 51.7 Å². The molecule has 3 aromatic carbocycles. The largest absolute Gasteiger partial charge is 0.481 e. The van der Waals surface area contributed by atoms with E-state index in [1.54, 1.807) is 24.3 Å². The number of para-hydroxylation sites is 1. The van der Waals surface area contributed by atoms with Crippen LogP contribution in [0.2, 0.25) is 0 Å². The fraction of sp³-hybridized carbons (Fsp3) is 0.286. The summed E-state index contributed by atoms with van der Waals surface area (Å²) >= 11 is 0. The molecule has 2 N–H and O–H groups in total. The van der Waals surface area contributed by atoms with Crippen LogP contribution in [-0.2, 0) is 24.2 Å². The molecule has 4 rings (SSSR count). The Morgan fingerprint density at radius 3 is 2.42 bits per heavy atom. The number of benzene rings is 3. The molecule has 170 valence electrons. The number of fused-ring (bicyclic) bond motifs is 1. The molecule has 1 aliphatic rings. The van der Waals surface area contributed by atoms with Gasteiger partial charge in [0.25, 0.3) is 11.8 Å². The van der Waals surface area contributed by atoms with Gasteiger partial charge in [-0.3, -0.25) is 9.59 Å². The lowest BCUT2D eigenvalue weighted by atomic mass is 9.92. The molecule has 0 saturated heterocycles. The molecule has 33 heavy (non-hydrogen) atoms. The van der Waals surface area contributed by atoms with Gasteiger partial charge in [-0.1, -0.05) is 55.5 Å². The quantitative estimate of drug-likeness (QED) is 0.498. The van der Waals surface area contributed by atoms with E-state index in [0.29, 0.717) is 30.0 Å². The molecule has 0 aliphatic heterocycles. The summed E-state index contributed by atoms with van der Waals surface area (Å²) < 4.78 is 6.06. The Morgan fingerprint density at radius 1 is 0.909 bits per heavy atom. The second-order valence-corrected chi connectivity index (χ2v) is 8.36. The van der Waals surface area contributed by atoms with Crippen molar-refractivity contribution in [2.75, 3.05) is 5.32 Å². The highest BCUT2D eigenvalue weighted by Crippen LogP contribution is 2.26. The number of carbonyl (C=O) groups is 2. The maximum atomic E-state index is 13.0. The molecule has 2 amide bonds. The summed E-state index contributed by atoms with van der Waals surface area (Å²) in [6.45, 7) is 2.34. The zero-order chi connectivity index (χ0) is 23.0. The van der Waals surface area contributed by atoms with Gasteiger partial charge in [0.1, 0.15) is 5.75 Å². The van der Waals surface area contributed by atoms with Gasteiger partial charge in [-0.2, -0.15) is 0 Å². The van der Waals surface area contributed by atoms with Crippen LogP contribution in [0.25, 0.3) is 0 Å². The van der Waals surface area contributed by atoms with E-state index in [-0.39, 0.29) is 11.8 Å². The van der Waals surface area contributed by atoms with E-state index in [2.05, 4.69) is 22.8 Å². The third kappa shape index (κ3) is 5.80. The second-order valence-electron chi connectivity index (χ2n) is 8.36. The van der Waals surface area contributed by atoms with Crippen molar-refractivity contribution in [2.24, 2.45) is 0 Å². The number of aryl methyl sites for hydroxylation is 2. The van der Waals surface area contributed by atoms with Gasteiger partial charge in [0, 0.05) is 6.54 Å². The van der Waals surface area contributed by atoms with Crippen molar-refractivity contribution in [3.8, 4) is 5.75 Å². The minimum atomic E-state index is -0.646. The summed E-state index contributed by atoms with van der Waals surface area (Å²) in [5.41, 5.74) is 4.60. The highest BCUT2D eigenvalue weighted by atomic mass is 16.5. The molecule has 1 atom stereocenters. The van der Waals surface area contributed by atoms with Gasteiger partial charge >= 0.3 is 0 Å². The Labute approximate surface area is 195 Å². The first-order chi connectivity index (χ1) is 16.1. The van der Waals surface area contributed by atoms with Crippen LogP contribution in [0.5, 0.6) is 5.75 Å². The predicted octanol–water partition coefficient (Wildman–Crippen LogP) is 5.29. The zero-order valence-corrected chi connectivity index (χ0v) is 19.0. The lowest BCUT2D eigenvalue weighted by Crippen LogP contribution is -2.33. The molecule has 0 fully saturated rings. The van der Waals surface area contributed by atoms with Gasteiger partial charge < -0.3 is 15.4 Å². The Kier molecular flexibility index (Phi) is 7.40. The van der Waals surface area contributed by atoms with Crippen LogP contribution in [0.15, 0.2) is 72.8 Å². The van der Waals surface area contributed by atoms with E-state index in [9.17, 15) is 9.59 Å². The molecule has 0 bridgehead atoms. The summed E-state index contributed by atoms with van der Waals surface area (Å²) in [4.78, 5) is 25.8. The smallest absolute Gasteiger partial charge is 0.265 e. The van der Waals surface area contributed by atoms with Gasteiger partial charge in [0.2, 0.25) is 0 Å². The number of nitrogens with one attached hydrogen (secondary N) is 2. The summed E-state index contributed by atoms with van der Waals surface area (Å²) in [7, 11) is 0. The third-order valence-corrected chi connectivity index (χ3v) is 5.99. The molecule has 5 nitrogen and oxygen atoms in total. The van der Waals surface area contributed by atoms with E-state index in [4.69, 9.17) is 4.74 Å². The van der Waals surface area contributed by atoms with Gasteiger partial charge in [-0.05, 0) is 73.1 Å². The first-order valence-corrected chi connectivity index (χ1v) is 11.6. The standard InChI is InChI=1S/C28H30N2O3/c1-2-26(33-23-17-16-21-12-6-7-13-22(21)18-23)28(32)30-25-15-9-8-14-24(25)27(31)29-19-20-10-4-3-5-11-20/h3-5,8-11,14-18,26H,2,6-7,12-13,19H2,1H3,(H,29,31)(H,30,32)/t26-/m0/s1. The molecule has 0 saturated carbocycles. The van der Waals surface area contributed by atoms with Crippen molar-refractivity contribution in [1.29, 1.82) is 0 Å². The maximum Gasteiger partial charge on any atom is 0.265 e.